The summed E-state index contributed by atoms with van der Waals surface area (Å²) >= 11 is 1.86. The Morgan fingerprint density at radius 3 is 2.43 bits per heavy atom. The summed E-state index contributed by atoms with van der Waals surface area (Å²) in [6.07, 6.45) is 11.8. The molecule has 3 nitrogen and oxygen atoms in total. The third-order valence-corrected chi connectivity index (χ3v) is 11.7. The van der Waals surface area contributed by atoms with Crippen LogP contribution in [-0.2, 0) is 6.54 Å². The molecule has 2 aromatic rings. The highest BCUT2D eigenvalue weighted by Crippen LogP contribution is 2.44. The van der Waals surface area contributed by atoms with Crippen LogP contribution < -0.4 is 11.1 Å². The number of hydrogen-bond acceptors (Lipinski definition) is 3. The van der Waals surface area contributed by atoms with E-state index in [9.17, 15) is 0 Å². The monoisotopic (exact) mass is 535 g/mol. The van der Waals surface area contributed by atoms with Crippen LogP contribution in [0, 0.1) is 23.8 Å². The van der Waals surface area contributed by atoms with Crippen molar-refractivity contribution < 1.29 is 0 Å². The van der Waals surface area contributed by atoms with Crippen LogP contribution in [0.4, 0.5) is 0 Å². The first-order valence-corrected chi connectivity index (χ1v) is 16.4. The maximum absolute atomic E-state index is 6.61. The van der Waals surface area contributed by atoms with E-state index in [4.69, 9.17) is 5.73 Å². The molecule has 1 aromatic heterocycles. The van der Waals surface area contributed by atoms with Gasteiger partial charge >= 0.3 is 0 Å². The summed E-state index contributed by atoms with van der Waals surface area (Å²) in [6, 6.07) is 8.74. The van der Waals surface area contributed by atoms with Crippen LogP contribution in [0.3, 0.4) is 0 Å². The van der Waals surface area contributed by atoms with Crippen LogP contribution in [0.5, 0.6) is 0 Å². The third-order valence-electron chi connectivity index (χ3n) is 7.68. The van der Waals surface area contributed by atoms with Crippen molar-refractivity contribution in [3.05, 3.63) is 94.2 Å². The maximum Gasteiger partial charge on any atom is 0.0625 e. The second kappa shape index (κ2) is 11.2. The largest absolute Gasteiger partial charge is 0.343 e. The number of allylic oxidation sites excluding steroid dienone is 3. The van der Waals surface area contributed by atoms with Gasteiger partial charge in [-0.15, -0.1) is 0 Å². The van der Waals surface area contributed by atoms with Gasteiger partial charge in [-0.1, -0.05) is 83.0 Å². The van der Waals surface area contributed by atoms with Gasteiger partial charge in [-0.3, -0.25) is 5.73 Å². The zero-order valence-electron chi connectivity index (χ0n) is 24.1. The molecule has 0 saturated heterocycles. The van der Waals surface area contributed by atoms with E-state index < -0.39 is 9.21 Å². The van der Waals surface area contributed by atoms with Crippen molar-refractivity contribution >= 4 is 32.0 Å². The number of benzene rings is 1. The van der Waals surface area contributed by atoms with Crippen LogP contribution >= 0.6 is 21.0 Å². The molecule has 0 amide bonds. The van der Waals surface area contributed by atoms with Gasteiger partial charge in [-0.05, 0) is 62.6 Å². The third kappa shape index (κ3) is 5.06. The van der Waals surface area contributed by atoms with E-state index in [1.54, 1.807) is 0 Å². The molecule has 2 N–H and O–H groups in total. The highest BCUT2D eigenvalue weighted by Gasteiger charge is 2.38. The molecule has 1 atom stereocenters. The van der Waals surface area contributed by atoms with Crippen LogP contribution in [-0.4, -0.2) is 33.5 Å². The second-order valence-corrected chi connectivity index (χ2v) is 14.9. The number of nitrogens with zero attached hydrogens (tertiary/aromatic N) is 2. The highest BCUT2D eigenvalue weighted by atomic mass is 32.2. The average Bonchev–Trinajstić information content (AvgIpc) is 3.40. The Balaban J connectivity index is 0.00000186. The number of aromatic nitrogens is 1. The Labute approximate surface area is 229 Å². The molecule has 37 heavy (non-hydrogen) atoms. The molecule has 1 unspecified atom stereocenters. The van der Waals surface area contributed by atoms with Crippen molar-refractivity contribution in [2.75, 3.05) is 19.1 Å². The smallest absolute Gasteiger partial charge is 0.0625 e. The summed E-state index contributed by atoms with van der Waals surface area (Å²) in [5.41, 5.74) is 12.7. The molecule has 1 aromatic carbocycles. The summed E-state index contributed by atoms with van der Waals surface area (Å²) in [5.74, 6) is 0. The molecule has 0 spiro atoms. The van der Waals surface area contributed by atoms with Crippen molar-refractivity contribution in [1.82, 2.24) is 9.47 Å². The van der Waals surface area contributed by atoms with E-state index >= 15 is 0 Å². The first-order valence-electron chi connectivity index (χ1n) is 13.1. The minimum atomic E-state index is -1.24. The normalized spacial score (nSPS) is 19.8. The molecule has 5 heteroatoms. The second-order valence-electron chi connectivity index (χ2n) is 10.3. The van der Waals surface area contributed by atoms with Crippen LogP contribution in [0.15, 0.2) is 82.9 Å². The molecular formula is C32H45N3S2. The number of rotatable bonds is 8. The fraction of sp³-hybridized carbons (Fsp3) is 0.375. The van der Waals surface area contributed by atoms with E-state index in [1.807, 2.05) is 37.8 Å². The lowest BCUT2D eigenvalue weighted by atomic mass is 9.81. The number of aryl methyl sites for hydroxylation is 1. The standard InChI is InChI=1S/C30H39N3S2.C2H6/c1-10-24-25(11-2)33(19-30(24,7)12-3)21(5)18-32-22(6)28(34-23-15-13-14-20(4)16-23)29-26(32)17-27(31)35(29,8)9;1-2/h10-11,13-17H,1-2,5,12,18-19,31H2,3-4,6-9H3;1-2H3. The van der Waals surface area contributed by atoms with Gasteiger partial charge in [0.2, 0.25) is 0 Å². The predicted molar refractivity (Wildman–Crippen MR) is 169 cm³/mol. The molecule has 0 aliphatic carbocycles. The lowest BCUT2D eigenvalue weighted by molar-refractivity contribution is 0.311. The Morgan fingerprint density at radius 1 is 1.19 bits per heavy atom. The Hall–Kier alpha value is -2.34. The number of nitrogens with two attached hydrogens (primary N) is 1. The van der Waals surface area contributed by atoms with Crippen molar-refractivity contribution in [2.24, 2.45) is 11.1 Å². The predicted octanol–water partition coefficient (Wildman–Crippen LogP) is 7.35. The number of hydrogen-bond donors (Lipinski definition) is 1. The molecule has 0 fully saturated rings. The van der Waals surface area contributed by atoms with Gasteiger partial charge in [-0.25, -0.2) is 0 Å². The first-order chi connectivity index (χ1) is 17.5. The van der Waals surface area contributed by atoms with Gasteiger partial charge in [0.1, 0.15) is 0 Å². The summed E-state index contributed by atoms with van der Waals surface area (Å²) in [4.78, 5) is 5.93. The molecule has 0 saturated carbocycles. The molecule has 2 aliphatic rings. The Bertz CT molecular complexity index is 1500. The molecule has 200 valence electrons. The van der Waals surface area contributed by atoms with Gasteiger partial charge < -0.3 is 9.47 Å². The van der Waals surface area contributed by atoms with Crippen LogP contribution in [0.1, 0.15) is 45.4 Å². The van der Waals surface area contributed by atoms with Gasteiger partial charge in [0.05, 0.1) is 11.9 Å². The minimum absolute atomic E-state index is 0.0462. The lowest BCUT2D eigenvalue weighted by Gasteiger charge is -2.28. The van der Waals surface area contributed by atoms with E-state index in [2.05, 4.69) is 99.8 Å². The maximum atomic E-state index is 6.61. The average molecular weight is 536 g/mol. The van der Waals surface area contributed by atoms with Gasteiger partial charge in [0, 0.05) is 48.3 Å². The molecule has 0 radical (unpaired) electrons. The van der Waals surface area contributed by atoms with Gasteiger partial charge in [0.15, 0.2) is 0 Å². The van der Waals surface area contributed by atoms with Crippen LogP contribution in [0.25, 0.3) is 6.08 Å². The number of fused-ring (bicyclic) bond motifs is 1. The van der Waals surface area contributed by atoms with E-state index in [-0.39, 0.29) is 5.41 Å². The molecule has 3 heterocycles. The zero-order valence-corrected chi connectivity index (χ0v) is 25.7. The summed E-state index contributed by atoms with van der Waals surface area (Å²) in [6.45, 7) is 27.3. The molecule has 4 rings (SSSR count). The Kier molecular flexibility index (Phi) is 8.83. The zero-order chi connectivity index (χ0) is 27.7. The SMILES string of the molecule is C=CC1=C(C=C)C(C)(CC)CN1C(=C)Cn1c(C)c(Sc2cccc(C)c2)c2c1=CC(N)=S=2(C)C.CC. The quantitative estimate of drug-likeness (QED) is 0.359. The van der Waals surface area contributed by atoms with E-state index in [1.165, 1.54) is 36.5 Å². The van der Waals surface area contributed by atoms with E-state index in [0.717, 1.165) is 29.3 Å². The van der Waals surface area contributed by atoms with Crippen molar-refractivity contribution in [3.63, 3.8) is 0 Å². The van der Waals surface area contributed by atoms with Crippen LogP contribution in [0.2, 0.25) is 0 Å². The Morgan fingerprint density at radius 2 is 1.86 bits per heavy atom. The molecule has 2 aliphatic heterocycles. The van der Waals surface area contributed by atoms with Gasteiger partial charge in [0.25, 0.3) is 0 Å². The first kappa shape index (κ1) is 29.2. The molecular weight excluding hydrogens is 491 g/mol. The fourth-order valence-corrected chi connectivity index (χ4v) is 9.04. The summed E-state index contributed by atoms with van der Waals surface area (Å²) in [5, 5.41) is 1.24. The van der Waals surface area contributed by atoms with Crippen molar-refractivity contribution in [3.8, 4) is 0 Å². The lowest BCUT2D eigenvalue weighted by Crippen LogP contribution is -2.30. The summed E-state index contributed by atoms with van der Waals surface area (Å²) in [7, 11) is -1.24. The van der Waals surface area contributed by atoms with E-state index in [0.29, 0.717) is 6.54 Å². The molecule has 0 bridgehead atoms. The highest BCUT2D eigenvalue weighted by molar-refractivity contribution is 8.24. The summed E-state index contributed by atoms with van der Waals surface area (Å²) < 4.78 is 3.82. The van der Waals surface area contributed by atoms with Crippen molar-refractivity contribution in [1.29, 1.82) is 0 Å². The minimum Gasteiger partial charge on any atom is -0.343 e. The van der Waals surface area contributed by atoms with Crippen molar-refractivity contribution in [2.45, 2.75) is 64.3 Å². The van der Waals surface area contributed by atoms with Gasteiger partial charge in [-0.2, -0.15) is 9.21 Å². The fourth-order valence-electron chi connectivity index (χ4n) is 5.26. The topological polar surface area (TPSA) is 34.2 Å².